The first-order valence-corrected chi connectivity index (χ1v) is 8.05. The first-order valence-electron chi connectivity index (χ1n) is 8.05. The van der Waals surface area contributed by atoms with Gasteiger partial charge in [0, 0.05) is 11.6 Å². The topological polar surface area (TPSA) is 80.2 Å². The van der Waals surface area contributed by atoms with Crippen molar-refractivity contribution >= 4 is 17.3 Å². The first kappa shape index (κ1) is 17.3. The molecule has 0 unspecified atom stereocenters. The van der Waals surface area contributed by atoms with Crippen LogP contribution in [-0.2, 0) is 4.79 Å². The molecule has 2 aromatic carbocycles. The van der Waals surface area contributed by atoms with Crippen LogP contribution in [-0.4, -0.2) is 11.6 Å². The third-order valence-corrected chi connectivity index (χ3v) is 4.43. The number of anilines is 1. The Morgan fingerprint density at radius 2 is 1.69 bits per heavy atom. The van der Waals surface area contributed by atoms with Gasteiger partial charge in [-0.05, 0) is 36.8 Å². The molecule has 128 valence electrons. The third kappa shape index (κ3) is 3.05. The van der Waals surface area contributed by atoms with E-state index in [1.165, 1.54) is 29.3 Å². The van der Waals surface area contributed by atoms with E-state index in [9.17, 15) is 19.7 Å². The number of nitriles is 2. The third-order valence-electron chi connectivity index (χ3n) is 4.43. The largest absolute Gasteiger partial charge is 0.272 e. The van der Waals surface area contributed by atoms with Crippen molar-refractivity contribution in [2.45, 2.75) is 12.8 Å². The standard InChI is InChI=1S/C20H15FN4O/c1-13-18(20(26)25(24-13)17-5-3-2-4-6-17)19(15(11-22)12-23)14-7-9-16(21)10-8-14/h2-10,15,18-19H,1H3/t18-,19+/m0/s1. The normalized spacial score (nSPS) is 17.6. The summed E-state index contributed by atoms with van der Waals surface area (Å²) in [6.45, 7) is 1.70. The maximum atomic E-state index is 13.3. The Labute approximate surface area is 150 Å². The first-order chi connectivity index (χ1) is 12.6. The summed E-state index contributed by atoms with van der Waals surface area (Å²) in [6, 6.07) is 18.4. The number of rotatable bonds is 4. The molecule has 2 atom stereocenters. The van der Waals surface area contributed by atoms with E-state index in [0.717, 1.165) is 0 Å². The van der Waals surface area contributed by atoms with Gasteiger partial charge in [0.05, 0.1) is 23.7 Å². The summed E-state index contributed by atoms with van der Waals surface area (Å²) in [4.78, 5) is 13.1. The van der Waals surface area contributed by atoms with E-state index in [-0.39, 0.29) is 5.91 Å². The number of benzene rings is 2. The van der Waals surface area contributed by atoms with Crippen molar-refractivity contribution in [1.82, 2.24) is 0 Å². The zero-order valence-corrected chi connectivity index (χ0v) is 14.0. The Bertz CT molecular complexity index is 911. The smallest absolute Gasteiger partial charge is 0.256 e. The van der Waals surface area contributed by atoms with E-state index >= 15 is 0 Å². The minimum Gasteiger partial charge on any atom is -0.272 e. The van der Waals surface area contributed by atoms with Gasteiger partial charge in [0.1, 0.15) is 11.7 Å². The zero-order valence-electron chi connectivity index (χ0n) is 14.0. The van der Waals surface area contributed by atoms with Gasteiger partial charge in [-0.25, -0.2) is 9.40 Å². The second kappa shape index (κ2) is 7.16. The number of nitrogens with zero attached hydrogens (tertiary/aromatic N) is 4. The van der Waals surface area contributed by atoms with Crippen LogP contribution in [0.1, 0.15) is 18.4 Å². The van der Waals surface area contributed by atoms with Gasteiger partial charge < -0.3 is 0 Å². The lowest BCUT2D eigenvalue weighted by atomic mass is 9.76. The molecule has 1 heterocycles. The van der Waals surface area contributed by atoms with Gasteiger partial charge >= 0.3 is 0 Å². The van der Waals surface area contributed by atoms with E-state index in [1.807, 2.05) is 18.2 Å². The van der Waals surface area contributed by atoms with Crippen LogP contribution in [0, 0.1) is 40.3 Å². The molecule has 2 aromatic rings. The van der Waals surface area contributed by atoms with Crippen LogP contribution >= 0.6 is 0 Å². The van der Waals surface area contributed by atoms with Gasteiger partial charge in [-0.1, -0.05) is 30.3 Å². The van der Waals surface area contributed by atoms with Crippen molar-refractivity contribution < 1.29 is 9.18 Å². The second-order valence-corrected chi connectivity index (χ2v) is 6.02. The molecule has 1 aliphatic heterocycles. The van der Waals surface area contributed by atoms with Crippen LogP contribution < -0.4 is 5.01 Å². The number of amides is 1. The lowest BCUT2D eigenvalue weighted by Gasteiger charge is -2.24. The van der Waals surface area contributed by atoms with E-state index < -0.39 is 23.6 Å². The minimum atomic E-state index is -1.06. The van der Waals surface area contributed by atoms with Crippen molar-refractivity contribution in [2.24, 2.45) is 16.9 Å². The average molecular weight is 346 g/mol. The van der Waals surface area contributed by atoms with Crippen molar-refractivity contribution in [1.29, 1.82) is 10.5 Å². The summed E-state index contributed by atoms with van der Waals surface area (Å²) in [6.07, 6.45) is 0. The zero-order chi connectivity index (χ0) is 18.7. The molecule has 26 heavy (non-hydrogen) atoms. The van der Waals surface area contributed by atoms with Gasteiger partial charge in [-0.3, -0.25) is 4.79 Å². The lowest BCUT2D eigenvalue weighted by Crippen LogP contribution is -2.34. The maximum Gasteiger partial charge on any atom is 0.256 e. The molecule has 6 heteroatoms. The number of carbonyl (C=O) groups is 1. The molecule has 1 amide bonds. The highest BCUT2D eigenvalue weighted by molar-refractivity contribution is 6.15. The molecule has 0 spiro atoms. The molecule has 0 saturated carbocycles. The fraction of sp³-hybridized carbons (Fsp3) is 0.200. The number of carbonyl (C=O) groups excluding carboxylic acids is 1. The Morgan fingerprint density at radius 3 is 2.27 bits per heavy atom. The van der Waals surface area contributed by atoms with Crippen molar-refractivity contribution in [3.05, 3.63) is 66.0 Å². The fourth-order valence-corrected chi connectivity index (χ4v) is 3.20. The number of hydrogen-bond acceptors (Lipinski definition) is 4. The summed E-state index contributed by atoms with van der Waals surface area (Å²) >= 11 is 0. The fourth-order valence-electron chi connectivity index (χ4n) is 3.20. The highest BCUT2D eigenvalue weighted by Crippen LogP contribution is 2.38. The van der Waals surface area contributed by atoms with E-state index in [0.29, 0.717) is 17.0 Å². The molecular formula is C20H15FN4O. The molecule has 0 saturated heterocycles. The van der Waals surface area contributed by atoms with E-state index in [4.69, 9.17) is 0 Å². The van der Waals surface area contributed by atoms with Crippen LogP contribution in [0.25, 0.3) is 0 Å². The molecule has 0 aromatic heterocycles. The molecule has 5 nitrogen and oxygen atoms in total. The summed E-state index contributed by atoms with van der Waals surface area (Å²) in [5.74, 6) is -3.28. The highest BCUT2D eigenvalue weighted by atomic mass is 19.1. The van der Waals surface area contributed by atoms with Crippen molar-refractivity contribution in [3.63, 3.8) is 0 Å². The monoisotopic (exact) mass is 346 g/mol. The number of para-hydroxylation sites is 1. The predicted molar refractivity (Wildman–Crippen MR) is 94.4 cm³/mol. The molecule has 0 bridgehead atoms. The van der Waals surface area contributed by atoms with Gasteiger partial charge in [-0.15, -0.1) is 0 Å². The van der Waals surface area contributed by atoms with Gasteiger partial charge in [-0.2, -0.15) is 15.6 Å². The van der Waals surface area contributed by atoms with Gasteiger partial charge in [0.15, 0.2) is 0 Å². The molecule has 0 aliphatic carbocycles. The van der Waals surface area contributed by atoms with Crippen LogP contribution in [0.3, 0.4) is 0 Å². The predicted octanol–water partition coefficient (Wildman–Crippen LogP) is 3.61. The summed E-state index contributed by atoms with van der Waals surface area (Å²) < 4.78 is 13.3. The maximum absolute atomic E-state index is 13.3. The molecule has 0 radical (unpaired) electrons. The minimum absolute atomic E-state index is 0.307. The van der Waals surface area contributed by atoms with Crippen LogP contribution in [0.2, 0.25) is 0 Å². The number of halogens is 1. The van der Waals surface area contributed by atoms with Crippen LogP contribution in [0.4, 0.5) is 10.1 Å². The van der Waals surface area contributed by atoms with Crippen LogP contribution in [0.5, 0.6) is 0 Å². The molecule has 0 N–H and O–H groups in total. The van der Waals surface area contributed by atoms with Gasteiger partial charge in [0.25, 0.3) is 5.91 Å². The number of hydrogen-bond donors (Lipinski definition) is 0. The SMILES string of the molecule is CC1=NN(c2ccccc2)C(=O)[C@@H]1[C@H](c1ccc(F)cc1)C(C#N)C#N. The molecule has 3 rings (SSSR count). The van der Waals surface area contributed by atoms with Gasteiger partial charge in [0.2, 0.25) is 0 Å². The Hall–Kier alpha value is -3.51. The van der Waals surface area contributed by atoms with Crippen molar-refractivity contribution in [3.8, 4) is 12.1 Å². The van der Waals surface area contributed by atoms with E-state index in [1.54, 1.807) is 31.2 Å². The van der Waals surface area contributed by atoms with Crippen LogP contribution in [0.15, 0.2) is 59.7 Å². The highest BCUT2D eigenvalue weighted by Gasteiger charge is 2.44. The Balaban J connectivity index is 2.04. The summed E-state index contributed by atoms with van der Waals surface area (Å²) in [5, 5.41) is 24.5. The van der Waals surface area contributed by atoms with E-state index in [2.05, 4.69) is 5.10 Å². The summed E-state index contributed by atoms with van der Waals surface area (Å²) in [5.41, 5.74) is 1.69. The Morgan fingerprint density at radius 1 is 1.08 bits per heavy atom. The molecule has 0 fully saturated rings. The molecule has 1 aliphatic rings. The molecular weight excluding hydrogens is 331 g/mol. The van der Waals surface area contributed by atoms with Crippen molar-refractivity contribution in [2.75, 3.05) is 5.01 Å². The average Bonchev–Trinajstić information content (AvgIpc) is 2.96. The number of hydrazone groups is 1. The lowest BCUT2D eigenvalue weighted by molar-refractivity contribution is -0.120. The Kier molecular flexibility index (Phi) is 4.77. The summed E-state index contributed by atoms with van der Waals surface area (Å²) in [7, 11) is 0. The quantitative estimate of drug-likeness (QED) is 0.848. The second-order valence-electron chi connectivity index (χ2n) is 6.02.